The van der Waals surface area contributed by atoms with Gasteiger partial charge in [0.2, 0.25) is 0 Å². The van der Waals surface area contributed by atoms with Crippen LogP contribution in [0.5, 0.6) is 0 Å². The summed E-state index contributed by atoms with van der Waals surface area (Å²) in [5.41, 5.74) is 0. The van der Waals surface area contributed by atoms with Crippen molar-refractivity contribution in [1.29, 1.82) is 0 Å². The first-order valence-electron chi connectivity index (χ1n) is 9.97. The monoisotopic (exact) mass is 327 g/mol. The minimum absolute atomic E-state index is 0.238. The predicted molar refractivity (Wildman–Crippen MR) is 101 cm³/mol. The molecule has 0 saturated carbocycles. The molecule has 0 spiro atoms. The second kappa shape index (κ2) is 19.5. The molecule has 0 unspecified atom stereocenters. The first-order chi connectivity index (χ1) is 11.3. The Balaban J connectivity index is 3.45. The lowest BCUT2D eigenvalue weighted by atomic mass is 10.1. The molecule has 0 aliphatic rings. The molecule has 0 aromatic heterocycles. The van der Waals surface area contributed by atoms with E-state index in [4.69, 9.17) is 10.2 Å². The van der Waals surface area contributed by atoms with E-state index in [9.17, 15) is 0 Å². The highest BCUT2D eigenvalue weighted by Gasteiger charge is 1.98. The molecule has 0 atom stereocenters. The van der Waals surface area contributed by atoms with Gasteiger partial charge < -0.3 is 15.1 Å². The van der Waals surface area contributed by atoms with E-state index in [0.29, 0.717) is 0 Å². The highest BCUT2D eigenvalue weighted by Crippen LogP contribution is 2.11. The maximum absolute atomic E-state index is 8.91. The minimum atomic E-state index is 0.238. The lowest BCUT2D eigenvalue weighted by molar-refractivity contribution is 0.236. The summed E-state index contributed by atoms with van der Waals surface area (Å²) in [6.07, 6.45) is 21.0. The molecule has 0 heterocycles. The van der Waals surface area contributed by atoms with Gasteiger partial charge in [-0.2, -0.15) is 0 Å². The van der Waals surface area contributed by atoms with Crippen molar-refractivity contribution in [2.24, 2.45) is 0 Å². The van der Waals surface area contributed by atoms with E-state index < -0.39 is 0 Å². The van der Waals surface area contributed by atoms with Crippen LogP contribution in [0.15, 0.2) is 12.3 Å². The van der Waals surface area contributed by atoms with Crippen molar-refractivity contribution in [2.45, 2.75) is 90.4 Å². The highest BCUT2D eigenvalue weighted by molar-refractivity contribution is 4.82. The van der Waals surface area contributed by atoms with Crippen LogP contribution in [0.1, 0.15) is 90.4 Å². The van der Waals surface area contributed by atoms with Crippen LogP contribution < -0.4 is 0 Å². The molecule has 0 bridgehead atoms. The molecule has 3 heteroatoms. The third-order valence-corrected chi connectivity index (χ3v) is 4.25. The Labute approximate surface area is 144 Å². The molecule has 0 saturated heterocycles. The van der Waals surface area contributed by atoms with E-state index in [1.165, 1.54) is 64.2 Å². The van der Waals surface area contributed by atoms with Crippen LogP contribution in [0.25, 0.3) is 0 Å². The van der Waals surface area contributed by atoms with Gasteiger partial charge in [0.05, 0.1) is 0 Å². The van der Waals surface area contributed by atoms with Gasteiger partial charge in [-0.3, -0.25) is 0 Å². The second-order valence-corrected chi connectivity index (χ2v) is 6.55. The number of unbranched alkanes of at least 4 members (excludes halogenated alkanes) is 10. The van der Waals surface area contributed by atoms with Crippen molar-refractivity contribution in [3.05, 3.63) is 12.3 Å². The van der Waals surface area contributed by atoms with Crippen LogP contribution in [-0.4, -0.2) is 41.4 Å². The van der Waals surface area contributed by atoms with Gasteiger partial charge in [0, 0.05) is 26.3 Å². The summed E-state index contributed by atoms with van der Waals surface area (Å²) < 4.78 is 0. The van der Waals surface area contributed by atoms with Gasteiger partial charge in [0.15, 0.2) is 0 Å². The molecule has 0 aliphatic heterocycles. The fourth-order valence-electron chi connectivity index (χ4n) is 2.78. The summed E-state index contributed by atoms with van der Waals surface area (Å²) >= 11 is 0. The summed E-state index contributed by atoms with van der Waals surface area (Å²) in [5, 5.41) is 17.8. The molecule has 0 fully saturated rings. The summed E-state index contributed by atoms with van der Waals surface area (Å²) in [4.78, 5) is 2.21. The maximum Gasteiger partial charge on any atom is 0.0447 e. The van der Waals surface area contributed by atoms with E-state index in [2.05, 4.69) is 24.1 Å². The number of nitrogens with zero attached hydrogens (tertiary/aromatic N) is 1. The standard InChI is InChI=1S/C20H41NO2/c1-2-3-4-5-6-7-8-9-10-11-12-13-16-21(17-14-19-22)18-15-20-23/h13,16,22-23H,2-12,14-15,17-20H2,1H3. The van der Waals surface area contributed by atoms with Crippen molar-refractivity contribution in [2.75, 3.05) is 26.3 Å². The van der Waals surface area contributed by atoms with Gasteiger partial charge in [-0.05, 0) is 31.9 Å². The largest absolute Gasteiger partial charge is 0.396 e. The maximum atomic E-state index is 8.91. The van der Waals surface area contributed by atoms with Crippen LogP contribution in [0.3, 0.4) is 0 Å². The van der Waals surface area contributed by atoms with Crippen LogP contribution in [0.2, 0.25) is 0 Å². The van der Waals surface area contributed by atoms with Gasteiger partial charge in [-0.1, -0.05) is 70.8 Å². The average Bonchev–Trinajstić information content (AvgIpc) is 2.57. The summed E-state index contributed by atoms with van der Waals surface area (Å²) in [6, 6.07) is 0. The molecule has 138 valence electrons. The first-order valence-corrected chi connectivity index (χ1v) is 9.97. The number of rotatable bonds is 18. The third-order valence-electron chi connectivity index (χ3n) is 4.25. The zero-order chi connectivity index (χ0) is 17.0. The Morgan fingerprint density at radius 3 is 1.61 bits per heavy atom. The lowest BCUT2D eigenvalue weighted by Gasteiger charge is -2.19. The van der Waals surface area contributed by atoms with Gasteiger partial charge in [0.25, 0.3) is 0 Å². The molecule has 23 heavy (non-hydrogen) atoms. The van der Waals surface area contributed by atoms with Crippen molar-refractivity contribution in [1.82, 2.24) is 4.90 Å². The van der Waals surface area contributed by atoms with Crippen LogP contribution in [0.4, 0.5) is 0 Å². The van der Waals surface area contributed by atoms with Crippen molar-refractivity contribution in [3.63, 3.8) is 0 Å². The van der Waals surface area contributed by atoms with E-state index in [-0.39, 0.29) is 13.2 Å². The fourth-order valence-corrected chi connectivity index (χ4v) is 2.78. The van der Waals surface area contributed by atoms with Crippen LogP contribution in [-0.2, 0) is 0 Å². The van der Waals surface area contributed by atoms with E-state index in [1.807, 2.05) is 0 Å². The molecular formula is C20H41NO2. The number of aliphatic hydroxyl groups excluding tert-OH is 2. The lowest BCUT2D eigenvalue weighted by Crippen LogP contribution is -2.21. The SMILES string of the molecule is CCCCCCCCCCCCC=CN(CCCO)CCCO. The predicted octanol–water partition coefficient (Wildman–Crippen LogP) is 4.88. The number of aliphatic hydroxyl groups is 2. The normalized spacial score (nSPS) is 11.4. The minimum Gasteiger partial charge on any atom is -0.396 e. The fraction of sp³-hybridized carbons (Fsp3) is 0.900. The summed E-state index contributed by atoms with van der Waals surface area (Å²) in [6.45, 7) is 4.51. The van der Waals surface area contributed by atoms with Gasteiger partial charge in [-0.25, -0.2) is 0 Å². The van der Waals surface area contributed by atoms with Crippen LogP contribution >= 0.6 is 0 Å². The first kappa shape index (κ1) is 22.5. The topological polar surface area (TPSA) is 43.7 Å². The molecule has 3 nitrogen and oxygen atoms in total. The highest BCUT2D eigenvalue weighted by atomic mass is 16.3. The number of hydrogen-bond acceptors (Lipinski definition) is 3. The molecular weight excluding hydrogens is 286 g/mol. The quantitative estimate of drug-likeness (QED) is 0.353. The summed E-state index contributed by atoms with van der Waals surface area (Å²) in [7, 11) is 0. The Morgan fingerprint density at radius 2 is 1.13 bits per heavy atom. The average molecular weight is 328 g/mol. The second-order valence-electron chi connectivity index (χ2n) is 6.55. The van der Waals surface area contributed by atoms with Gasteiger partial charge >= 0.3 is 0 Å². The Bertz CT molecular complexity index is 236. The summed E-state index contributed by atoms with van der Waals surface area (Å²) in [5.74, 6) is 0. The molecule has 0 aliphatic carbocycles. The Hall–Kier alpha value is -0.540. The zero-order valence-corrected chi connectivity index (χ0v) is 15.5. The Morgan fingerprint density at radius 1 is 0.652 bits per heavy atom. The van der Waals surface area contributed by atoms with Crippen LogP contribution in [0, 0.1) is 0 Å². The zero-order valence-electron chi connectivity index (χ0n) is 15.5. The van der Waals surface area contributed by atoms with Crippen molar-refractivity contribution >= 4 is 0 Å². The molecule has 0 aromatic rings. The smallest absolute Gasteiger partial charge is 0.0447 e. The third kappa shape index (κ3) is 17.6. The number of allylic oxidation sites excluding steroid dienone is 1. The van der Waals surface area contributed by atoms with E-state index in [1.54, 1.807) is 0 Å². The van der Waals surface area contributed by atoms with Crippen molar-refractivity contribution in [3.8, 4) is 0 Å². The molecule has 0 radical (unpaired) electrons. The molecule has 2 N–H and O–H groups in total. The van der Waals surface area contributed by atoms with E-state index in [0.717, 1.165) is 32.4 Å². The molecule has 0 rings (SSSR count). The van der Waals surface area contributed by atoms with E-state index >= 15 is 0 Å². The van der Waals surface area contributed by atoms with Crippen molar-refractivity contribution < 1.29 is 10.2 Å². The van der Waals surface area contributed by atoms with Gasteiger partial charge in [0.1, 0.15) is 0 Å². The van der Waals surface area contributed by atoms with Gasteiger partial charge in [-0.15, -0.1) is 0 Å². The Kier molecular flexibility index (Phi) is 19.0. The molecule has 0 amide bonds. The number of hydrogen-bond donors (Lipinski definition) is 2. The molecule has 0 aromatic carbocycles.